The lowest BCUT2D eigenvalue weighted by Gasteiger charge is -2.44. The second kappa shape index (κ2) is 2.70. The number of hydrogen-bond acceptors (Lipinski definition) is 0. The van der Waals surface area contributed by atoms with Gasteiger partial charge in [0.15, 0.2) is 0 Å². The molecule has 0 heterocycles. The van der Waals surface area contributed by atoms with E-state index in [0.29, 0.717) is 10.8 Å². The summed E-state index contributed by atoms with van der Waals surface area (Å²) in [6.07, 6.45) is 7.35. The molecule has 3 aliphatic carbocycles. The van der Waals surface area contributed by atoms with E-state index in [1.165, 1.54) is 32.1 Å². The Kier molecular flexibility index (Phi) is 1.79. The first-order valence-electron chi connectivity index (χ1n) is 6.69. The van der Waals surface area contributed by atoms with E-state index in [1.807, 2.05) is 5.57 Å². The Labute approximate surface area is 94.1 Å². The smallest absolute Gasteiger partial charge is 0.00565 e. The predicted molar refractivity (Wildman–Crippen MR) is 64.7 cm³/mol. The first-order chi connectivity index (χ1) is 6.98. The van der Waals surface area contributed by atoms with Crippen LogP contribution in [0.2, 0.25) is 0 Å². The lowest BCUT2D eigenvalue weighted by molar-refractivity contribution is 0.183. The molecule has 0 amide bonds. The Bertz CT molecular complexity index is 334. The first-order valence-corrected chi connectivity index (χ1v) is 6.69. The SMILES string of the molecule is CC1=C2CC[C@H](C)[C@]23CC[C@@H](C3)C1(C)C. The van der Waals surface area contributed by atoms with Crippen molar-refractivity contribution < 1.29 is 0 Å². The molecule has 2 bridgehead atoms. The summed E-state index contributed by atoms with van der Waals surface area (Å²) in [7, 11) is 0. The highest BCUT2D eigenvalue weighted by Crippen LogP contribution is 2.67. The van der Waals surface area contributed by atoms with Crippen molar-refractivity contribution in [2.24, 2.45) is 22.7 Å². The maximum Gasteiger partial charge on any atom is -0.00565 e. The fraction of sp³-hybridized carbons (Fsp3) is 0.867. The maximum atomic E-state index is 2.50. The van der Waals surface area contributed by atoms with Crippen molar-refractivity contribution in [2.45, 2.75) is 59.8 Å². The van der Waals surface area contributed by atoms with Crippen LogP contribution in [0, 0.1) is 22.7 Å². The quantitative estimate of drug-likeness (QED) is 0.507. The Hall–Kier alpha value is -0.260. The molecular weight excluding hydrogens is 180 g/mol. The second-order valence-corrected chi connectivity index (χ2v) is 6.86. The minimum absolute atomic E-state index is 0.499. The third-order valence-electron chi connectivity index (χ3n) is 6.36. The highest BCUT2D eigenvalue weighted by molar-refractivity contribution is 5.36. The number of rotatable bonds is 0. The van der Waals surface area contributed by atoms with Crippen molar-refractivity contribution in [3.8, 4) is 0 Å². The van der Waals surface area contributed by atoms with Gasteiger partial charge >= 0.3 is 0 Å². The van der Waals surface area contributed by atoms with Crippen LogP contribution in [0.3, 0.4) is 0 Å². The lowest BCUT2D eigenvalue weighted by atomic mass is 9.61. The van der Waals surface area contributed by atoms with E-state index in [2.05, 4.69) is 27.7 Å². The summed E-state index contributed by atoms with van der Waals surface area (Å²) < 4.78 is 0. The minimum Gasteiger partial charge on any atom is -0.0676 e. The van der Waals surface area contributed by atoms with E-state index < -0.39 is 0 Å². The molecule has 2 saturated carbocycles. The predicted octanol–water partition coefficient (Wildman–Crippen LogP) is 4.56. The zero-order valence-electron chi connectivity index (χ0n) is 10.7. The van der Waals surface area contributed by atoms with Crippen molar-refractivity contribution >= 4 is 0 Å². The summed E-state index contributed by atoms with van der Waals surface area (Å²) in [5.74, 6) is 1.94. The third-order valence-corrected chi connectivity index (χ3v) is 6.36. The molecule has 0 aliphatic heterocycles. The molecular formula is C15H24. The summed E-state index contributed by atoms with van der Waals surface area (Å²) in [6, 6.07) is 0. The van der Waals surface area contributed by atoms with Crippen molar-refractivity contribution in [2.75, 3.05) is 0 Å². The molecule has 0 saturated heterocycles. The molecule has 0 radical (unpaired) electrons. The van der Waals surface area contributed by atoms with E-state index in [-0.39, 0.29) is 0 Å². The van der Waals surface area contributed by atoms with E-state index >= 15 is 0 Å². The summed E-state index contributed by atoms with van der Waals surface area (Å²) >= 11 is 0. The lowest BCUT2D eigenvalue weighted by Crippen LogP contribution is -2.34. The zero-order chi connectivity index (χ0) is 10.8. The molecule has 0 aromatic heterocycles. The molecule has 1 spiro atoms. The van der Waals surface area contributed by atoms with E-state index in [0.717, 1.165) is 11.8 Å². The van der Waals surface area contributed by atoms with Gasteiger partial charge in [-0.15, -0.1) is 0 Å². The van der Waals surface area contributed by atoms with E-state index in [9.17, 15) is 0 Å². The Morgan fingerprint density at radius 3 is 2.67 bits per heavy atom. The Morgan fingerprint density at radius 2 is 1.93 bits per heavy atom. The van der Waals surface area contributed by atoms with Gasteiger partial charge in [0.2, 0.25) is 0 Å². The Morgan fingerprint density at radius 1 is 1.20 bits per heavy atom. The molecule has 0 unspecified atom stereocenters. The summed E-state index contributed by atoms with van der Waals surface area (Å²) in [5.41, 5.74) is 4.82. The van der Waals surface area contributed by atoms with Gasteiger partial charge in [-0.1, -0.05) is 31.9 Å². The van der Waals surface area contributed by atoms with Gasteiger partial charge in [-0.25, -0.2) is 0 Å². The fourth-order valence-electron chi connectivity index (χ4n) is 4.85. The average Bonchev–Trinajstić information content (AvgIpc) is 2.72. The Balaban J connectivity index is 2.18. The number of hydrogen-bond donors (Lipinski definition) is 0. The van der Waals surface area contributed by atoms with Crippen LogP contribution in [0.25, 0.3) is 0 Å². The first kappa shape index (κ1) is 9.93. The second-order valence-electron chi connectivity index (χ2n) is 6.86. The summed E-state index contributed by atoms with van der Waals surface area (Å²) in [4.78, 5) is 0. The van der Waals surface area contributed by atoms with Crippen LogP contribution in [0.4, 0.5) is 0 Å². The molecule has 0 N–H and O–H groups in total. The normalized spacial score (nSPS) is 47.2. The standard InChI is InChI=1S/C15H24/c1-10-5-6-13-11(2)14(3,4)12-7-8-15(10,13)9-12/h10,12H,5-9H2,1-4H3/t10-,12-,15+/m0/s1. The van der Waals surface area contributed by atoms with Crippen molar-refractivity contribution in [1.82, 2.24) is 0 Å². The zero-order valence-corrected chi connectivity index (χ0v) is 10.7. The molecule has 3 atom stereocenters. The van der Waals surface area contributed by atoms with Gasteiger partial charge in [0.05, 0.1) is 0 Å². The molecule has 0 aromatic carbocycles. The topological polar surface area (TPSA) is 0 Å². The largest absolute Gasteiger partial charge is 0.0676 e. The molecule has 0 heteroatoms. The molecule has 3 rings (SSSR count). The van der Waals surface area contributed by atoms with Crippen molar-refractivity contribution in [1.29, 1.82) is 0 Å². The number of allylic oxidation sites excluding steroid dienone is 2. The van der Waals surface area contributed by atoms with Crippen LogP contribution in [-0.2, 0) is 0 Å². The van der Waals surface area contributed by atoms with Crippen molar-refractivity contribution in [3.05, 3.63) is 11.1 Å². The van der Waals surface area contributed by atoms with Gasteiger partial charge in [-0.3, -0.25) is 0 Å². The molecule has 0 nitrogen and oxygen atoms in total. The van der Waals surface area contributed by atoms with Gasteiger partial charge in [-0.2, -0.15) is 0 Å². The van der Waals surface area contributed by atoms with Crippen LogP contribution in [0.5, 0.6) is 0 Å². The van der Waals surface area contributed by atoms with Crippen LogP contribution < -0.4 is 0 Å². The van der Waals surface area contributed by atoms with Gasteiger partial charge in [0.25, 0.3) is 0 Å². The van der Waals surface area contributed by atoms with Gasteiger partial charge in [0.1, 0.15) is 0 Å². The fourth-order valence-corrected chi connectivity index (χ4v) is 4.85. The highest BCUT2D eigenvalue weighted by atomic mass is 14.6. The molecule has 3 aliphatic rings. The molecule has 0 aromatic rings. The molecule has 15 heavy (non-hydrogen) atoms. The van der Waals surface area contributed by atoms with Crippen LogP contribution in [0.15, 0.2) is 11.1 Å². The van der Waals surface area contributed by atoms with E-state index in [1.54, 1.807) is 5.57 Å². The monoisotopic (exact) mass is 204 g/mol. The van der Waals surface area contributed by atoms with Crippen LogP contribution in [0.1, 0.15) is 59.8 Å². The molecule has 84 valence electrons. The van der Waals surface area contributed by atoms with Crippen LogP contribution >= 0.6 is 0 Å². The van der Waals surface area contributed by atoms with Gasteiger partial charge in [-0.05, 0) is 61.7 Å². The third kappa shape index (κ3) is 0.990. The van der Waals surface area contributed by atoms with E-state index in [4.69, 9.17) is 0 Å². The highest BCUT2D eigenvalue weighted by Gasteiger charge is 2.56. The maximum absolute atomic E-state index is 2.50. The van der Waals surface area contributed by atoms with Gasteiger partial charge < -0.3 is 0 Å². The summed E-state index contributed by atoms with van der Waals surface area (Å²) in [5, 5.41) is 0. The summed E-state index contributed by atoms with van der Waals surface area (Å²) in [6.45, 7) is 9.90. The van der Waals surface area contributed by atoms with Crippen molar-refractivity contribution in [3.63, 3.8) is 0 Å². The average molecular weight is 204 g/mol. The molecule has 2 fully saturated rings. The van der Waals surface area contributed by atoms with Gasteiger partial charge in [0, 0.05) is 0 Å². The minimum atomic E-state index is 0.499. The number of fused-ring (bicyclic) bond motifs is 1. The van der Waals surface area contributed by atoms with Crippen LogP contribution in [-0.4, -0.2) is 0 Å².